The zero-order valence-electron chi connectivity index (χ0n) is 21.4. The van der Waals surface area contributed by atoms with Crippen LogP contribution in [-0.2, 0) is 17.6 Å². The second-order valence-corrected chi connectivity index (χ2v) is 11.0. The topological polar surface area (TPSA) is 40.5 Å². The van der Waals surface area contributed by atoms with E-state index >= 15 is 0 Å². The molecule has 1 N–H and O–H groups in total. The molecule has 3 nitrogen and oxygen atoms in total. The molecule has 2 aliphatic carbocycles. The number of aryl methyl sites for hydroxylation is 1. The number of fused-ring (bicyclic) bond motifs is 1. The van der Waals surface area contributed by atoms with E-state index in [4.69, 9.17) is 0 Å². The maximum Gasteiger partial charge on any atom is 0.274 e. The summed E-state index contributed by atoms with van der Waals surface area (Å²) in [6.07, 6.45) is 6.16. The molecular formula is C32H37F2NO2. The Morgan fingerprint density at radius 2 is 1.57 bits per heavy atom. The van der Waals surface area contributed by atoms with Crippen molar-refractivity contribution in [3.63, 3.8) is 0 Å². The first-order valence-electron chi connectivity index (χ1n) is 13.8. The van der Waals surface area contributed by atoms with Crippen molar-refractivity contribution in [3.05, 3.63) is 77.9 Å². The lowest BCUT2D eigenvalue weighted by Gasteiger charge is -2.35. The summed E-state index contributed by atoms with van der Waals surface area (Å²) in [5, 5.41) is 12.0. The van der Waals surface area contributed by atoms with Gasteiger partial charge in [-0.25, -0.2) is 8.78 Å². The first-order chi connectivity index (χ1) is 17.9. The fourth-order valence-corrected chi connectivity index (χ4v) is 6.08. The molecule has 5 heteroatoms. The third kappa shape index (κ3) is 6.20. The van der Waals surface area contributed by atoms with Crippen molar-refractivity contribution in [2.24, 2.45) is 11.8 Å². The Hall–Kier alpha value is -2.79. The molecule has 0 radical (unpaired) electrons. The van der Waals surface area contributed by atoms with E-state index in [1.54, 1.807) is 4.90 Å². The van der Waals surface area contributed by atoms with E-state index in [1.807, 2.05) is 24.3 Å². The number of aliphatic hydroxyl groups is 1. The maximum absolute atomic E-state index is 14.3. The lowest BCUT2D eigenvalue weighted by atomic mass is 9.83. The molecule has 37 heavy (non-hydrogen) atoms. The summed E-state index contributed by atoms with van der Waals surface area (Å²) < 4.78 is 28.6. The normalized spacial score (nSPS) is 21.8. The highest BCUT2D eigenvalue weighted by Crippen LogP contribution is 2.38. The van der Waals surface area contributed by atoms with Gasteiger partial charge in [-0.05, 0) is 72.1 Å². The molecule has 0 aliphatic heterocycles. The number of hydrogen-bond donors (Lipinski definition) is 1. The molecule has 2 atom stereocenters. The van der Waals surface area contributed by atoms with Gasteiger partial charge in [-0.3, -0.25) is 4.79 Å². The summed E-state index contributed by atoms with van der Waals surface area (Å²) in [5.74, 6) is -3.47. The van der Waals surface area contributed by atoms with Crippen LogP contribution in [0.5, 0.6) is 0 Å². The van der Waals surface area contributed by atoms with Gasteiger partial charge in [0.25, 0.3) is 5.92 Å². The Morgan fingerprint density at radius 3 is 2.30 bits per heavy atom. The minimum absolute atomic E-state index is 0.0535. The summed E-state index contributed by atoms with van der Waals surface area (Å²) in [6, 6.07) is 22.6. The van der Waals surface area contributed by atoms with E-state index in [2.05, 4.69) is 42.5 Å². The van der Waals surface area contributed by atoms with Gasteiger partial charge in [0, 0.05) is 24.6 Å². The summed E-state index contributed by atoms with van der Waals surface area (Å²) in [5.41, 5.74) is 3.11. The number of carbonyl (C=O) groups is 1. The zero-order chi connectivity index (χ0) is 25.8. The summed E-state index contributed by atoms with van der Waals surface area (Å²) in [6.45, 7) is 0.420. The SMILES string of the molecule is O=C([C@H]1CC[C@H](O)C(F)(F)C1)N(CCc1ccc2ccccc2c1)c1ccc(CCC2CCCC2)cc1. The third-order valence-corrected chi connectivity index (χ3v) is 8.41. The molecule has 2 saturated carbocycles. The van der Waals surface area contributed by atoms with Gasteiger partial charge in [0.2, 0.25) is 5.91 Å². The molecule has 2 fully saturated rings. The average molecular weight is 506 g/mol. The Balaban J connectivity index is 1.33. The highest BCUT2D eigenvalue weighted by molar-refractivity contribution is 5.95. The molecule has 1 amide bonds. The van der Waals surface area contributed by atoms with Crippen molar-refractivity contribution in [2.75, 3.05) is 11.4 Å². The molecule has 5 rings (SSSR count). The fourth-order valence-electron chi connectivity index (χ4n) is 6.08. The lowest BCUT2D eigenvalue weighted by Crippen LogP contribution is -2.46. The van der Waals surface area contributed by atoms with Crippen molar-refractivity contribution >= 4 is 22.4 Å². The molecule has 2 aliphatic rings. The number of halogens is 2. The smallest absolute Gasteiger partial charge is 0.274 e. The Labute approximate surface area is 218 Å². The maximum atomic E-state index is 14.3. The Bertz CT molecular complexity index is 1200. The van der Waals surface area contributed by atoms with Gasteiger partial charge in [-0.2, -0.15) is 0 Å². The minimum Gasteiger partial charge on any atom is -0.387 e. The molecule has 196 valence electrons. The zero-order valence-corrected chi connectivity index (χ0v) is 21.4. The second-order valence-electron chi connectivity index (χ2n) is 11.0. The van der Waals surface area contributed by atoms with Crippen LogP contribution in [0.1, 0.15) is 62.5 Å². The highest BCUT2D eigenvalue weighted by atomic mass is 19.3. The standard InChI is InChI=1S/C32H37F2NO2/c33-32(34)22-28(15-18-30(32)36)31(37)35(20-19-25-11-14-26-7-3-4-8-27(26)21-25)29-16-12-24(13-17-29)10-9-23-5-1-2-6-23/h3-4,7-8,11-14,16-17,21,23,28,30,36H,1-2,5-6,9-10,15,18-20,22H2/t28-,30-/m0/s1. The monoisotopic (exact) mass is 505 g/mol. The summed E-state index contributed by atoms with van der Waals surface area (Å²) in [4.78, 5) is 15.3. The van der Waals surface area contributed by atoms with Gasteiger partial charge in [0.1, 0.15) is 6.10 Å². The number of benzene rings is 3. The van der Waals surface area contributed by atoms with Gasteiger partial charge in [0.05, 0.1) is 0 Å². The van der Waals surface area contributed by atoms with Crippen LogP contribution >= 0.6 is 0 Å². The summed E-state index contributed by atoms with van der Waals surface area (Å²) >= 11 is 0. The molecular weight excluding hydrogens is 468 g/mol. The molecule has 0 spiro atoms. The van der Waals surface area contributed by atoms with Gasteiger partial charge < -0.3 is 10.0 Å². The fraction of sp³-hybridized carbons (Fsp3) is 0.469. The van der Waals surface area contributed by atoms with E-state index in [0.29, 0.717) is 13.0 Å². The number of nitrogens with zero attached hydrogens (tertiary/aromatic N) is 1. The number of anilines is 1. The van der Waals surface area contributed by atoms with Crippen LogP contribution < -0.4 is 4.90 Å². The van der Waals surface area contributed by atoms with Gasteiger partial charge in [0.15, 0.2) is 0 Å². The molecule has 0 heterocycles. The highest BCUT2D eigenvalue weighted by Gasteiger charge is 2.47. The van der Waals surface area contributed by atoms with Crippen LogP contribution in [-0.4, -0.2) is 29.6 Å². The first kappa shape index (κ1) is 25.8. The van der Waals surface area contributed by atoms with Crippen LogP contribution in [0.3, 0.4) is 0 Å². The van der Waals surface area contributed by atoms with E-state index < -0.39 is 24.4 Å². The lowest BCUT2D eigenvalue weighted by molar-refractivity contribution is -0.154. The van der Waals surface area contributed by atoms with E-state index in [0.717, 1.165) is 34.4 Å². The largest absolute Gasteiger partial charge is 0.387 e. The van der Waals surface area contributed by atoms with Crippen molar-refractivity contribution in [1.29, 1.82) is 0 Å². The number of amides is 1. The van der Waals surface area contributed by atoms with Gasteiger partial charge >= 0.3 is 0 Å². The molecule has 3 aromatic rings. The Morgan fingerprint density at radius 1 is 0.865 bits per heavy atom. The predicted octanol–water partition coefficient (Wildman–Crippen LogP) is 7.33. The van der Waals surface area contributed by atoms with E-state index in [-0.39, 0.29) is 18.7 Å². The number of alkyl halides is 2. The molecule has 0 bridgehead atoms. The molecule has 3 aromatic carbocycles. The molecule has 0 saturated heterocycles. The minimum atomic E-state index is -3.23. The first-order valence-corrected chi connectivity index (χ1v) is 13.8. The summed E-state index contributed by atoms with van der Waals surface area (Å²) in [7, 11) is 0. The average Bonchev–Trinajstić information content (AvgIpc) is 3.43. The van der Waals surface area contributed by atoms with Crippen LogP contribution in [0, 0.1) is 11.8 Å². The van der Waals surface area contributed by atoms with Crippen molar-refractivity contribution in [2.45, 2.75) is 76.2 Å². The van der Waals surface area contributed by atoms with Crippen LogP contribution in [0.4, 0.5) is 14.5 Å². The van der Waals surface area contributed by atoms with Crippen molar-refractivity contribution in [1.82, 2.24) is 0 Å². The Kier molecular flexibility index (Phi) is 7.89. The van der Waals surface area contributed by atoms with Gasteiger partial charge in [-0.1, -0.05) is 80.3 Å². The van der Waals surface area contributed by atoms with Gasteiger partial charge in [-0.15, -0.1) is 0 Å². The predicted molar refractivity (Wildman–Crippen MR) is 145 cm³/mol. The van der Waals surface area contributed by atoms with Crippen LogP contribution in [0.25, 0.3) is 10.8 Å². The van der Waals surface area contributed by atoms with Crippen LogP contribution in [0.15, 0.2) is 66.7 Å². The van der Waals surface area contributed by atoms with E-state index in [9.17, 15) is 18.7 Å². The molecule has 0 unspecified atom stereocenters. The number of hydrogen-bond acceptors (Lipinski definition) is 2. The van der Waals surface area contributed by atoms with Crippen molar-refractivity contribution < 1.29 is 18.7 Å². The number of aliphatic hydroxyl groups excluding tert-OH is 1. The second kappa shape index (κ2) is 11.3. The number of rotatable bonds is 8. The van der Waals surface area contributed by atoms with Crippen LogP contribution in [0.2, 0.25) is 0 Å². The van der Waals surface area contributed by atoms with Crippen molar-refractivity contribution in [3.8, 4) is 0 Å². The van der Waals surface area contributed by atoms with E-state index in [1.165, 1.54) is 37.7 Å². The quantitative estimate of drug-likeness (QED) is 0.348. The third-order valence-electron chi connectivity index (χ3n) is 8.41. The number of carbonyl (C=O) groups excluding carboxylic acids is 1. The molecule has 0 aromatic heterocycles.